The van der Waals surface area contributed by atoms with E-state index >= 15 is 0 Å². The van der Waals surface area contributed by atoms with Gasteiger partial charge in [-0.2, -0.15) is 0 Å². The van der Waals surface area contributed by atoms with E-state index in [4.69, 9.17) is 34.0 Å². The third-order valence-corrected chi connectivity index (χ3v) is 3.11. The standard InChI is InChI=1S/C10H10Cl2N2O2/c11-4-1-5(12)9-6(13)3-8(10(15)16)14-7(9)2-4/h1-2,6,8,14H,3,13H2,(H,15,16)/t6-,8+/m0/s1. The molecule has 0 saturated heterocycles. The number of hydrogen-bond acceptors (Lipinski definition) is 3. The van der Waals surface area contributed by atoms with Crippen LogP contribution < -0.4 is 11.1 Å². The van der Waals surface area contributed by atoms with Gasteiger partial charge in [-0.25, -0.2) is 4.79 Å². The van der Waals surface area contributed by atoms with E-state index < -0.39 is 12.0 Å². The van der Waals surface area contributed by atoms with Gasteiger partial charge in [-0.3, -0.25) is 0 Å². The molecule has 4 nitrogen and oxygen atoms in total. The Labute approximate surface area is 102 Å². The smallest absolute Gasteiger partial charge is 0.326 e. The molecule has 6 heteroatoms. The van der Waals surface area contributed by atoms with Crippen LogP contribution >= 0.6 is 23.2 Å². The second kappa shape index (κ2) is 4.13. The van der Waals surface area contributed by atoms with Crippen molar-refractivity contribution in [1.82, 2.24) is 0 Å². The summed E-state index contributed by atoms with van der Waals surface area (Å²) in [5.41, 5.74) is 7.22. The van der Waals surface area contributed by atoms with E-state index in [2.05, 4.69) is 5.32 Å². The van der Waals surface area contributed by atoms with Crippen molar-refractivity contribution < 1.29 is 9.90 Å². The monoisotopic (exact) mass is 260 g/mol. The van der Waals surface area contributed by atoms with Gasteiger partial charge < -0.3 is 16.2 Å². The van der Waals surface area contributed by atoms with Crippen LogP contribution in [0.3, 0.4) is 0 Å². The van der Waals surface area contributed by atoms with Gasteiger partial charge in [0.25, 0.3) is 0 Å². The highest BCUT2D eigenvalue weighted by atomic mass is 35.5. The van der Waals surface area contributed by atoms with Gasteiger partial charge in [0.2, 0.25) is 0 Å². The quantitative estimate of drug-likeness (QED) is 0.724. The number of nitrogens with two attached hydrogens (primary N) is 1. The summed E-state index contributed by atoms with van der Waals surface area (Å²) in [6.07, 6.45) is 0.309. The number of carboxylic acid groups (broad SMARTS) is 1. The Balaban J connectivity index is 2.46. The first-order valence-electron chi connectivity index (χ1n) is 4.73. The van der Waals surface area contributed by atoms with Gasteiger partial charge in [-0.15, -0.1) is 0 Å². The summed E-state index contributed by atoms with van der Waals surface area (Å²) in [6.45, 7) is 0. The summed E-state index contributed by atoms with van der Waals surface area (Å²) in [5, 5.41) is 12.7. The molecule has 4 N–H and O–H groups in total. The van der Waals surface area contributed by atoms with Crippen LogP contribution in [-0.4, -0.2) is 17.1 Å². The van der Waals surface area contributed by atoms with E-state index in [0.717, 1.165) is 5.56 Å². The highest BCUT2D eigenvalue weighted by Crippen LogP contribution is 2.38. The maximum absolute atomic E-state index is 10.9. The van der Waals surface area contributed by atoms with Crippen molar-refractivity contribution in [1.29, 1.82) is 0 Å². The lowest BCUT2D eigenvalue weighted by Crippen LogP contribution is -2.37. The van der Waals surface area contributed by atoms with E-state index in [1.54, 1.807) is 12.1 Å². The molecule has 0 unspecified atom stereocenters. The minimum atomic E-state index is -0.933. The van der Waals surface area contributed by atoms with E-state index in [1.807, 2.05) is 0 Å². The van der Waals surface area contributed by atoms with E-state index in [1.165, 1.54) is 0 Å². The zero-order valence-electron chi connectivity index (χ0n) is 8.21. The number of aliphatic carboxylic acids is 1. The molecule has 0 bridgehead atoms. The minimum Gasteiger partial charge on any atom is -0.480 e. The number of carbonyl (C=O) groups is 1. The molecule has 1 heterocycles. The Morgan fingerprint density at radius 2 is 2.19 bits per heavy atom. The Hall–Kier alpha value is -0.970. The van der Waals surface area contributed by atoms with Crippen LogP contribution in [0, 0.1) is 0 Å². The highest BCUT2D eigenvalue weighted by Gasteiger charge is 2.30. The van der Waals surface area contributed by atoms with Gasteiger partial charge >= 0.3 is 5.97 Å². The predicted molar refractivity (Wildman–Crippen MR) is 63.1 cm³/mol. The number of fused-ring (bicyclic) bond motifs is 1. The second-order valence-electron chi connectivity index (χ2n) is 3.73. The number of carboxylic acids is 1. The molecule has 86 valence electrons. The zero-order chi connectivity index (χ0) is 11.9. The predicted octanol–water partition coefficient (Wildman–Crippen LogP) is 2.26. The Bertz CT molecular complexity index is 451. The summed E-state index contributed by atoms with van der Waals surface area (Å²) >= 11 is 11.9. The molecule has 1 aliphatic rings. The fourth-order valence-electron chi connectivity index (χ4n) is 1.86. The largest absolute Gasteiger partial charge is 0.480 e. The molecule has 0 spiro atoms. The Kier molecular flexibility index (Phi) is 2.97. The first-order chi connectivity index (χ1) is 7.49. The summed E-state index contributed by atoms with van der Waals surface area (Å²) in [7, 11) is 0. The summed E-state index contributed by atoms with van der Waals surface area (Å²) in [6, 6.07) is 2.15. The lowest BCUT2D eigenvalue weighted by molar-refractivity contribution is -0.138. The fourth-order valence-corrected chi connectivity index (χ4v) is 2.50. The van der Waals surface area contributed by atoms with Crippen LogP contribution in [0.1, 0.15) is 18.0 Å². The lowest BCUT2D eigenvalue weighted by Gasteiger charge is -2.29. The van der Waals surface area contributed by atoms with Gasteiger partial charge in [0.15, 0.2) is 0 Å². The van der Waals surface area contributed by atoms with Gasteiger partial charge in [0, 0.05) is 27.3 Å². The zero-order valence-corrected chi connectivity index (χ0v) is 9.72. The lowest BCUT2D eigenvalue weighted by atomic mass is 9.93. The molecular weight excluding hydrogens is 251 g/mol. The summed E-state index contributed by atoms with van der Waals surface area (Å²) in [5.74, 6) is -0.933. The average Bonchev–Trinajstić information content (AvgIpc) is 2.15. The van der Waals surface area contributed by atoms with E-state index in [-0.39, 0.29) is 6.04 Å². The summed E-state index contributed by atoms with van der Waals surface area (Å²) < 4.78 is 0. The second-order valence-corrected chi connectivity index (χ2v) is 4.57. The first kappa shape index (κ1) is 11.5. The molecule has 16 heavy (non-hydrogen) atoms. The Morgan fingerprint density at radius 1 is 1.50 bits per heavy atom. The van der Waals surface area contributed by atoms with Crippen molar-refractivity contribution >= 4 is 34.9 Å². The van der Waals surface area contributed by atoms with Crippen LogP contribution in [0.15, 0.2) is 12.1 Å². The number of hydrogen-bond donors (Lipinski definition) is 3. The van der Waals surface area contributed by atoms with Gasteiger partial charge in [-0.05, 0) is 18.6 Å². The summed E-state index contributed by atoms with van der Waals surface area (Å²) in [4.78, 5) is 10.9. The molecular formula is C10H10Cl2N2O2. The van der Waals surface area contributed by atoms with E-state index in [9.17, 15) is 4.79 Å². The number of anilines is 1. The normalized spacial score (nSPS) is 23.4. The van der Waals surface area contributed by atoms with Crippen molar-refractivity contribution in [3.8, 4) is 0 Å². The third kappa shape index (κ3) is 1.96. The van der Waals surface area contributed by atoms with Crippen LogP contribution in [0.5, 0.6) is 0 Å². The van der Waals surface area contributed by atoms with Crippen molar-refractivity contribution in [3.05, 3.63) is 27.7 Å². The SMILES string of the molecule is N[C@H]1C[C@H](C(=O)O)Nc2cc(Cl)cc(Cl)c21. The van der Waals surface area contributed by atoms with Crippen molar-refractivity contribution in [3.63, 3.8) is 0 Å². The number of halogens is 2. The molecule has 0 radical (unpaired) electrons. The van der Waals surface area contributed by atoms with Gasteiger partial charge in [0.1, 0.15) is 6.04 Å². The molecule has 0 amide bonds. The van der Waals surface area contributed by atoms with Crippen molar-refractivity contribution in [2.75, 3.05) is 5.32 Å². The maximum Gasteiger partial charge on any atom is 0.326 e. The molecule has 1 aromatic carbocycles. The van der Waals surface area contributed by atoms with Gasteiger partial charge in [0.05, 0.1) is 0 Å². The first-order valence-corrected chi connectivity index (χ1v) is 5.48. The number of benzene rings is 1. The van der Waals surface area contributed by atoms with Crippen LogP contribution in [0.2, 0.25) is 10.0 Å². The molecule has 0 aromatic heterocycles. The number of rotatable bonds is 1. The Morgan fingerprint density at radius 3 is 2.81 bits per heavy atom. The fraction of sp³-hybridized carbons (Fsp3) is 0.300. The van der Waals surface area contributed by atoms with E-state index in [0.29, 0.717) is 22.2 Å². The molecule has 2 atom stereocenters. The topological polar surface area (TPSA) is 75.4 Å². The highest BCUT2D eigenvalue weighted by molar-refractivity contribution is 6.35. The van der Waals surface area contributed by atoms with Crippen LogP contribution in [0.25, 0.3) is 0 Å². The number of nitrogens with one attached hydrogen (secondary N) is 1. The third-order valence-electron chi connectivity index (χ3n) is 2.58. The van der Waals surface area contributed by atoms with Crippen molar-refractivity contribution in [2.45, 2.75) is 18.5 Å². The maximum atomic E-state index is 10.9. The molecule has 1 aromatic rings. The van der Waals surface area contributed by atoms with Gasteiger partial charge in [-0.1, -0.05) is 23.2 Å². The molecule has 2 rings (SSSR count). The molecule has 0 aliphatic carbocycles. The van der Waals surface area contributed by atoms with Crippen molar-refractivity contribution in [2.24, 2.45) is 5.73 Å². The minimum absolute atomic E-state index is 0.309. The molecule has 0 fully saturated rings. The molecule has 1 aliphatic heterocycles. The van der Waals surface area contributed by atoms with Crippen LogP contribution in [0.4, 0.5) is 5.69 Å². The average molecular weight is 261 g/mol. The molecule has 0 saturated carbocycles. The van der Waals surface area contributed by atoms with Crippen LogP contribution in [-0.2, 0) is 4.79 Å².